The highest BCUT2D eigenvalue weighted by atomic mass is 16.1. The van der Waals surface area contributed by atoms with Crippen molar-refractivity contribution in [3.63, 3.8) is 0 Å². The normalized spacial score (nSPS) is 9.45. The number of hydrogen-bond acceptors (Lipinski definition) is 3. The number of rotatable bonds is 3. The standard InChI is InChI=1S/C16H15N3O/c17-9-3-7-14-6-1-2-8-15(14)19-16(20)11-13-5-4-10-18-12-13/h1-2,4-6,8,10,12H,9,11,17H2,(H,19,20). The molecule has 0 aliphatic heterocycles. The highest BCUT2D eigenvalue weighted by Gasteiger charge is 2.06. The van der Waals surface area contributed by atoms with Crippen LogP contribution in [0.4, 0.5) is 5.69 Å². The summed E-state index contributed by atoms with van der Waals surface area (Å²) in [5.41, 5.74) is 7.69. The molecule has 100 valence electrons. The number of nitrogens with zero attached hydrogens (tertiary/aromatic N) is 1. The second kappa shape index (κ2) is 7.07. The number of benzene rings is 1. The summed E-state index contributed by atoms with van der Waals surface area (Å²) in [6, 6.07) is 11.1. The molecular formula is C16H15N3O. The molecule has 4 heteroatoms. The Morgan fingerprint density at radius 1 is 1.25 bits per heavy atom. The van der Waals surface area contributed by atoms with Crippen LogP contribution in [-0.2, 0) is 11.2 Å². The van der Waals surface area contributed by atoms with Crippen LogP contribution in [0.15, 0.2) is 48.8 Å². The SMILES string of the molecule is NCC#Cc1ccccc1NC(=O)Cc1cccnc1. The topological polar surface area (TPSA) is 68.0 Å². The van der Waals surface area contributed by atoms with Crippen molar-refractivity contribution in [2.24, 2.45) is 5.73 Å². The molecule has 0 saturated carbocycles. The van der Waals surface area contributed by atoms with Crippen molar-refractivity contribution >= 4 is 11.6 Å². The zero-order valence-electron chi connectivity index (χ0n) is 11.0. The van der Waals surface area contributed by atoms with Crippen LogP contribution in [0.5, 0.6) is 0 Å². The Kier molecular flexibility index (Phi) is 4.87. The summed E-state index contributed by atoms with van der Waals surface area (Å²) < 4.78 is 0. The molecule has 4 nitrogen and oxygen atoms in total. The molecular weight excluding hydrogens is 250 g/mol. The molecule has 0 aliphatic carbocycles. The molecule has 0 aliphatic rings. The molecule has 20 heavy (non-hydrogen) atoms. The van der Waals surface area contributed by atoms with Gasteiger partial charge in [0.05, 0.1) is 18.7 Å². The Bertz CT molecular complexity index is 642. The van der Waals surface area contributed by atoms with Gasteiger partial charge in [0.25, 0.3) is 0 Å². The van der Waals surface area contributed by atoms with Crippen LogP contribution >= 0.6 is 0 Å². The number of carbonyl (C=O) groups is 1. The predicted molar refractivity (Wildman–Crippen MR) is 78.9 cm³/mol. The third-order valence-corrected chi connectivity index (χ3v) is 2.61. The Labute approximate surface area is 118 Å². The molecule has 2 rings (SSSR count). The van der Waals surface area contributed by atoms with Crippen molar-refractivity contribution < 1.29 is 4.79 Å². The molecule has 0 bridgehead atoms. The maximum atomic E-state index is 12.0. The van der Waals surface area contributed by atoms with Crippen LogP contribution in [0.3, 0.4) is 0 Å². The van der Waals surface area contributed by atoms with E-state index in [9.17, 15) is 4.79 Å². The number of anilines is 1. The number of nitrogens with two attached hydrogens (primary N) is 1. The van der Waals surface area contributed by atoms with E-state index >= 15 is 0 Å². The maximum Gasteiger partial charge on any atom is 0.228 e. The lowest BCUT2D eigenvalue weighted by Crippen LogP contribution is -2.15. The van der Waals surface area contributed by atoms with Gasteiger partial charge < -0.3 is 11.1 Å². The molecule has 1 aromatic carbocycles. The fourth-order valence-electron chi connectivity index (χ4n) is 1.73. The van der Waals surface area contributed by atoms with E-state index in [0.717, 1.165) is 11.1 Å². The maximum absolute atomic E-state index is 12.0. The van der Waals surface area contributed by atoms with Crippen molar-refractivity contribution in [1.29, 1.82) is 0 Å². The van der Waals surface area contributed by atoms with Crippen molar-refractivity contribution in [3.05, 3.63) is 59.9 Å². The van der Waals surface area contributed by atoms with Crippen LogP contribution in [0.2, 0.25) is 0 Å². The van der Waals surface area contributed by atoms with Crippen molar-refractivity contribution in [1.82, 2.24) is 4.98 Å². The molecule has 0 radical (unpaired) electrons. The lowest BCUT2D eigenvalue weighted by atomic mass is 10.1. The van der Waals surface area contributed by atoms with E-state index in [4.69, 9.17) is 5.73 Å². The molecule has 1 aromatic heterocycles. The monoisotopic (exact) mass is 265 g/mol. The van der Waals surface area contributed by atoms with Gasteiger partial charge in [-0.3, -0.25) is 9.78 Å². The smallest absolute Gasteiger partial charge is 0.228 e. The second-order valence-corrected chi connectivity index (χ2v) is 4.14. The van der Waals surface area contributed by atoms with Crippen LogP contribution < -0.4 is 11.1 Å². The van der Waals surface area contributed by atoms with E-state index < -0.39 is 0 Å². The minimum Gasteiger partial charge on any atom is -0.325 e. The molecule has 2 aromatic rings. The van der Waals surface area contributed by atoms with Gasteiger partial charge in [-0.15, -0.1) is 0 Å². The molecule has 1 heterocycles. The molecule has 0 unspecified atom stereocenters. The van der Waals surface area contributed by atoms with Gasteiger partial charge in [-0.25, -0.2) is 0 Å². The van der Waals surface area contributed by atoms with Gasteiger partial charge in [-0.05, 0) is 23.8 Å². The minimum atomic E-state index is -0.0972. The minimum absolute atomic E-state index is 0.0972. The van der Waals surface area contributed by atoms with Gasteiger partial charge in [-0.1, -0.05) is 30.0 Å². The zero-order valence-corrected chi connectivity index (χ0v) is 11.0. The van der Waals surface area contributed by atoms with Crippen molar-refractivity contribution in [2.45, 2.75) is 6.42 Å². The summed E-state index contributed by atoms with van der Waals surface area (Å²) in [5.74, 6) is 5.63. The second-order valence-electron chi connectivity index (χ2n) is 4.14. The molecule has 0 saturated heterocycles. The van der Waals surface area contributed by atoms with E-state index in [1.807, 2.05) is 36.4 Å². The lowest BCUT2D eigenvalue weighted by molar-refractivity contribution is -0.115. The quantitative estimate of drug-likeness (QED) is 0.828. The highest BCUT2D eigenvalue weighted by Crippen LogP contribution is 2.14. The largest absolute Gasteiger partial charge is 0.325 e. The average Bonchev–Trinajstić information content (AvgIpc) is 2.47. The third-order valence-electron chi connectivity index (χ3n) is 2.61. The van der Waals surface area contributed by atoms with Gasteiger partial charge >= 0.3 is 0 Å². The van der Waals surface area contributed by atoms with Crippen LogP contribution in [0.1, 0.15) is 11.1 Å². The molecule has 3 N–H and O–H groups in total. The number of pyridine rings is 1. The summed E-state index contributed by atoms with van der Waals surface area (Å²) in [7, 11) is 0. The molecule has 0 atom stereocenters. The summed E-state index contributed by atoms with van der Waals surface area (Å²) >= 11 is 0. The summed E-state index contributed by atoms with van der Waals surface area (Å²) in [6.07, 6.45) is 3.64. The first kappa shape index (κ1) is 13.8. The van der Waals surface area contributed by atoms with Gasteiger partial charge in [0.2, 0.25) is 5.91 Å². The van der Waals surface area contributed by atoms with Gasteiger partial charge in [-0.2, -0.15) is 0 Å². The number of carbonyl (C=O) groups excluding carboxylic acids is 1. The summed E-state index contributed by atoms with van der Waals surface area (Å²) in [6.45, 7) is 0.290. The van der Waals surface area contributed by atoms with E-state index in [1.165, 1.54) is 0 Å². The Morgan fingerprint density at radius 3 is 2.85 bits per heavy atom. The summed E-state index contributed by atoms with van der Waals surface area (Å²) in [4.78, 5) is 16.0. The lowest BCUT2D eigenvalue weighted by Gasteiger charge is -2.07. The fraction of sp³-hybridized carbons (Fsp3) is 0.125. The van der Waals surface area contributed by atoms with Crippen molar-refractivity contribution in [2.75, 3.05) is 11.9 Å². The fourth-order valence-corrected chi connectivity index (χ4v) is 1.73. The first-order valence-corrected chi connectivity index (χ1v) is 6.26. The van der Waals surface area contributed by atoms with Gasteiger partial charge in [0.15, 0.2) is 0 Å². The Balaban J connectivity index is 2.08. The van der Waals surface area contributed by atoms with Gasteiger partial charge in [0.1, 0.15) is 0 Å². The van der Waals surface area contributed by atoms with E-state index in [-0.39, 0.29) is 18.9 Å². The molecule has 0 spiro atoms. The number of amides is 1. The Hall–Kier alpha value is -2.64. The first-order chi connectivity index (χ1) is 9.79. The third kappa shape index (κ3) is 3.94. The predicted octanol–water partition coefficient (Wildman–Crippen LogP) is 1.57. The van der Waals surface area contributed by atoms with Crippen LogP contribution in [0, 0.1) is 11.8 Å². The molecule has 0 fully saturated rings. The number of hydrogen-bond donors (Lipinski definition) is 2. The van der Waals surface area contributed by atoms with Crippen LogP contribution in [-0.4, -0.2) is 17.4 Å². The Morgan fingerprint density at radius 2 is 2.10 bits per heavy atom. The van der Waals surface area contributed by atoms with Crippen LogP contribution in [0.25, 0.3) is 0 Å². The summed E-state index contributed by atoms with van der Waals surface area (Å²) in [5, 5.41) is 2.86. The number of nitrogens with one attached hydrogen (secondary N) is 1. The first-order valence-electron chi connectivity index (χ1n) is 6.26. The van der Waals surface area contributed by atoms with Crippen molar-refractivity contribution in [3.8, 4) is 11.8 Å². The number of para-hydroxylation sites is 1. The molecule has 1 amide bonds. The van der Waals surface area contributed by atoms with E-state index in [0.29, 0.717) is 5.69 Å². The van der Waals surface area contributed by atoms with Gasteiger partial charge in [0, 0.05) is 18.0 Å². The zero-order chi connectivity index (χ0) is 14.2. The highest BCUT2D eigenvalue weighted by molar-refractivity contribution is 5.93. The number of aromatic nitrogens is 1. The van der Waals surface area contributed by atoms with E-state index in [2.05, 4.69) is 22.1 Å². The van der Waals surface area contributed by atoms with E-state index in [1.54, 1.807) is 12.4 Å². The average molecular weight is 265 g/mol.